The molecule has 0 fully saturated rings. The van der Waals surface area contributed by atoms with Crippen LogP contribution in [-0.4, -0.2) is 10.9 Å². The quantitative estimate of drug-likeness (QED) is 0.589. The van der Waals surface area contributed by atoms with E-state index in [9.17, 15) is 4.79 Å². The molecule has 0 bridgehead atoms. The van der Waals surface area contributed by atoms with Gasteiger partial charge in [-0.15, -0.1) is 22.7 Å². The zero-order chi connectivity index (χ0) is 15.7. The summed E-state index contributed by atoms with van der Waals surface area (Å²) in [5.41, 5.74) is 1.13. The van der Waals surface area contributed by atoms with Crippen LogP contribution in [0.4, 0.5) is 5.13 Å². The van der Waals surface area contributed by atoms with E-state index >= 15 is 0 Å². The number of carbonyl (C=O) groups is 1. The molecule has 0 unspecified atom stereocenters. The van der Waals surface area contributed by atoms with Gasteiger partial charge in [-0.25, -0.2) is 4.98 Å². The lowest BCUT2D eigenvalue weighted by molar-refractivity contribution is 0.102. The zero-order valence-electron chi connectivity index (χ0n) is 10.8. The van der Waals surface area contributed by atoms with E-state index in [0.717, 1.165) is 10.6 Å². The van der Waals surface area contributed by atoms with Crippen LogP contribution in [0.1, 0.15) is 10.4 Å². The van der Waals surface area contributed by atoms with Gasteiger partial charge in [0.15, 0.2) is 5.13 Å². The predicted octanol–water partition coefficient (Wildman–Crippen LogP) is 6.08. The summed E-state index contributed by atoms with van der Waals surface area (Å²) >= 11 is 20.5. The number of thiophene rings is 1. The van der Waals surface area contributed by atoms with Gasteiger partial charge in [0.25, 0.3) is 5.91 Å². The number of nitrogens with one attached hydrogen (secondary N) is 1. The Kier molecular flexibility index (Phi) is 4.70. The van der Waals surface area contributed by atoms with Gasteiger partial charge in [0.05, 0.1) is 25.5 Å². The normalized spacial score (nSPS) is 10.7. The molecule has 112 valence electrons. The second-order valence-corrected chi connectivity index (χ2v) is 7.64. The van der Waals surface area contributed by atoms with E-state index in [0.29, 0.717) is 25.1 Å². The molecule has 2 heterocycles. The lowest BCUT2D eigenvalue weighted by Crippen LogP contribution is -2.12. The van der Waals surface area contributed by atoms with Gasteiger partial charge in [-0.3, -0.25) is 10.1 Å². The number of aromatic nitrogens is 1. The number of anilines is 1. The number of nitrogens with zero attached hydrogens (tertiary/aromatic N) is 1. The Morgan fingerprint density at radius 1 is 1.14 bits per heavy atom. The highest BCUT2D eigenvalue weighted by Gasteiger charge is 2.14. The number of halogens is 3. The summed E-state index contributed by atoms with van der Waals surface area (Å²) in [6.45, 7) is 0. The lowest BCUT2D eigenvalue weighted by atomic mass is 10.2. The molecule has 0 saturated heterocycles. The first-order chi connectivity index (χ1) is 10.5. The van der Waals surface area contributed by atoms with Gasteiger partial charge in [0.1, 0.15) is 0 Å². The van der Waals surface area contributed by atoms with E-state index in [1.165, 1.54) is 28.7 Å². The maximum absolute atomic E-state index is 12.2. The molecule has 1 amide bonds. The highest BCUT2D eigenvalue weighted by atomic mass is 35.5. The molecular formula is C14H7Cl3N2OS2. The fourth-order valence-corrected chi connectivity index (χ4v) is 4.01. The van der Waals surface area contributed by atoms with Crippen LogP contribution in [0, 0.1) is 0 Å². The summed E-state index contributed by atoms with van der Waals surface area (Å²) in [6, 6.07) is 8.42. The first-order valence-electron chi connectivity index (χ1n) is 6.00. The zero-order valence-corrected chi connectivity index (χ0v) is 14.7. The highest BCUT2D eigenvalue weighted by molar-refractivity contribution is 7.20. The molecule has 0 aliphatic carbocycles. The monoisotopic (exact) mass is 388 g/mol. The van der Waals surface area contributed by atoms with Crippen molar-refractivity contribution >= 4 is 68.5 Å². The molecule has 2 aromatic heterocycles. The van der Waals surface area contributed by atoms with Crippen molar-refractivity contribution < 1.29 is 4.79 Å². The third-order valence-electron chi connectivity index (χ3n) is 2.73. The molecule has 0 saturated carbocycles. The van der Waals surface area contributed by atoms with E-state index in [1.54, 1.807) is 12.1 Å². The molecule has 3 rings (SSSR count). The number of benzene rings is 1. The SMILES string of the molecule is O=C(Nc1nc(-c2ccc(Cl)s2)cs1)c1ccc(Cl)cc1Cl. The van der Waals surface area contributed by atoms with Crippen LogP contribution >= 0.6 is 57.5 Å². The Labute approximate surface area is 149 Å². The second kappa shape index (κ2) is 6.56. The summed E-state index contributed by atoms with van der Waals surface area (Å²) in [5.74, 6) is -0.327. The smallest absolute Gasteiger partial charge is 0.258 e. The van der Waals surface area contributed by atoms with Gasteiger partial charge in [-0.1, -0.05) is 34.8 Å². The number of amides is 1. The van der Waals surface area contributed by atoms with Gasteiger partial charge in [-0.2, -0.15) is 0 Å². The molecule has 0 atom stereocenters. The minimum Gasteiger partial charge on any atom is -0.298 e. The molecule has 0 spiro atoms. The number of thiazole rings is 1. The maximum atomic E-state index is 12.2. The molecule has 0 aliphatic rings. The van der Waals surface area contributed by atoms with Gasteiger partial charge in [-0.05, 0) is 30.3 Å². The van der Waals surface area contributed by atoms with Crippen molar-refractivity contribution in [2.24, 2.45) is 0 Å². The Morgan fingerprint density at radius 3 is 2.64 bits per heavy atom. The number of carbonyl (C=O) groups excluding carboxylic acids is 1. The molecule has 8 heteroatoms. The molecular weight excluding hydrogens is 383 g/mol. The summed E-state index contributed by atoms with van der Waals surface area (Å²) < 4.78 is 0.696. The van der Waals surface area contributed by atoms with E-state index < -0.39 is 0 Å². The molecule has 3 nitrogen and oxygen atoms in total. The van der Waals surface area contributed by atoms with E-state index in [4.69, 9.17) is 34.8 Å². The third kappa shape index (κ3) is 3.45. The minimum atomic E-state index is -0.327. The standard InChI is InChI=1S/C14H7Cl3N2OS2/c15-7-1-2-8(9(16)5-7)13(20)19-14-18-10(6-21-14)11-3-4-12(17)22-11/h1-6H,(H,18,19,20). The van der Waals surface area contributed by atoms with E-state index in [-0.39, 0.29) is 5.91 Å². The summed E-state index contributed by atoms with van der Waals surface area (Å²) in [7, 11) is 0. The van der Waals surface area contributed by atoms with Crippen LogP contribution < -0.4 is 5.32 Å². The Morgan fingerprint density at radius 2 is 1.95 bits per heavy atom. The predicted molar refractivity (Wildman–Crippen MR) is 94.9 cm³/mol. The van der Waals surface area contributed by atoms with Crippen LogP contribution in [-0.2, 0) is 0 Å². The highest BCUT2D eigenvalue weighted by Crippen LogP contribution is 2.33. The van der Waals surface area contributed by atoms with Crippen molar-refractivity contribution in [3.8, 4) is 10.6 Å². The molecule has 1 aromatic carbocycles. The first-order valence-corrected chi connectivity index (χ1v) is 8.83. The van der Waals surface area contributed by atoms with Gasteiger partial charge in [0, 0.05) is 10.4 Å². The number of hydrogen-bond donors (Lipinski definition) is 1. The number of rotatable bonds is 3. The average Bonchev–Trinajstić information content (AvgIpc) is 3.07. The van der Waals surface area contributed by atoms with Crippen LogP contribution in [0.5, 0.6) is 0 Å². The first kappa shape index (κ1) is 15.8. The topological polar surface area (TPSA) is 42.0 Å². The van der Waals surface area contributed by atoms with Crippen molar-refractivity contribution in [1.29, 1.82) is 0 Å². The summed E-state index contributed by atoms with van der Waals surface area (Å²) in [6.07, 6.45) is 0. The van der Waals surface area contributed by atoms with Crippen molar-refractivity contribution in [1.82, 2.24) is 4.98 Å². The van der Waals surface area contributed by atoms with Crippen molar-refractivity contribution in [3.63, 3.8) is 0 Å². The fraction of sp³-hybridized carbons (Fsp3) is 0. The fourth-order valence-electron chi connectivity index (χ4n) is 1.73. The van der Waals surface area contributed by atoms with Crippen molar-refractivity contribution in [2.75, 3.05) is 5.32 Å². The Balaban J connectivity index is 1.79. The Hall–Kier alpha value is -1.11. The largest absolute Gasteiger partial charge is 0.298 e. The van der Waals surface area contributed by atoms with Crippen LogP contribution in [0.15, 0.2) is 35.7 Å². The van der Waals surface area contributed by atoms with E-state index in [1.807, 2.05) is 17.5 Å². The van der Waals surface area contributed by atoms with Gasteiger partial charge < -0.3 is 0 Å². The molecule has 0 radical (unpaired) electrons. The van der Waals surface area contributed by atoms with Crippen LogP contribution in [0.2, 0.25) is 14.4 Å². The molecule has 22 heavy (non-hydrogen) atoms. The van der Waals surface area contributed by atoms with E-state index in [2.05, 4.69) is 10.3 Å². The lowest BCUT2D eigenvalue weighted by Gasteiger charge is -2.04. The maximum Gasteiger partial charge on any atom is 0.258 e. The number of hydrogen-bond acceptors (Lipinski definition) is 4. The second-order valence-electron chi connectivity index (χ2n) is 4.22. The van der Waals surface area contributed by atoms with Gasteiger partial charge in [0.2, 0.25) is 0 Å². The summed E-state index contributed by atoms with van der Waals surface area (Å²) in [4.78, 5) is 17.5. The van der Waals surface area contributed by atoms with Gasteiger partial charge >= 0.3 is 0 Å². The molecule has 1 N–H and O–H groups in total. The van der Waals surface area contributed by atoms with Crippen molar-refractivity contribution in [2.45, 2.75) is 0 Å². The molecule has 0 aliphatic heterocycles. The summed E-state index contributed by atoms with van der Waals surface area (Å²) in [5, 5.41) is 5.86. The van der Waals surface area contributed by atoms with Crippen molar-refractivity contribution in [3.05, 3.63) is 55.7 Å². The average molecular weight is 390 g/mol. The third-order valence-corrected chi connectivity index (χ3v) is 5.29. The minimum absolute atomic E-state index is 0.298. The van der Waals surface area contributed by atoms with Crippen LogP contribution in [0.3, 0.4) is 0 Å². The Bertz CT molecular complexity index is 844. The van der Waals surface area contributed by atoms with Crippen LogP contribution in [0.25, 0.3) is 10.6 Å². The molecule has 3 aromatic rings.